The van der Waals surface area contributed by atoms with Crippen molar-refractivity contribution in [3.63, 3.8) is 0 Å². The van der Waals surface area contributed by atoms with Gasteiger partial charge in [-0.3, -0.25) is 4.79 Å². The topological polar surface area (TPSA) is 60.0 Å². The van der Waals surface area contributed by atoms with Crippen molar-refractivity contribution >= 4 is 5.91 Å². The van der Waals surface area contributed by atoms with Gasteiger partial charge in [-0.25, -0.2) is 0 Å². The fourth-order valence-electron chi connectivity index (χ4n) is 3.45. The number of methoxy groups -OCH3 is 1. The molecule has 1 unspecified atom stereocenters. The maximum atomic E-state index is 12.5. The second-order valence-corrected chi connectivity index (χ2v) is 6.70. The summed E-state index contributed by atoms with van der Waals surface area (Å²) in [4.78, 5) is 14.4. The minimum atomic E-state index is 0.0503. The molecule has 0 spiro atoms. The molecule has 1 amide bonds. The van der Waals surface area contributed by atoms with Crippen LogP contribution in [-0.2, 0) is 9.53 Å². The third-order valence-corrected chi connectivity index (χ3v) is 4.89. The molecule has 2 aliphatic rings. The number of ether oxygens (including phenoxy) is 3. The predicted molar refractivity (Wildman–Crippen MR) is 95.1 cm³/mol. The molecule has 6 heteroatoms. The maximum absolute atomic E-state index is 12.5. The van der Waals surface area contributed by atoms with E-state index in [1.807, 2.05) is 29.2 Å². The highest BCUT2D eigenvalue weighted by Crippen LogP contribution is 2.18. The Kier molecular flexibility index (Phi) is 6.53. The van der Waals surface area contributed by atoms with E-state index in [9.17, 15) is 4.79 Å². The summed E-state index contributed by atoms with van der Waals surface area (Å²) in [5, 5.41) is 3.70. The van der Waals surface area contributed by atoms with Crippen LogP contribution in [-0.4, -0.2) is 62.9 Å². The summed E-state index contributed by atoms with van der Waals surface area (Å²) < 4.78 is 16.1. The highest BCUT2D eigenvalue weighted by atomic mass is 16.5. The van der Waals surface area contributed by atoms with E-state index in [1.165, 1.54) is 0 Å². The lowest BCUT2D eigenvalue weighted by Gasteiger charge is -2.36. The zero-order valence-corrected chi connectivity index (χ0v) is 14.9. The first-order valence-electron chi connectivity index (χ1n) is 9.13. The van der Waals surface area contributed by atoms with Gasteiger partial charge in [0.25, 0.3) is 5.91 Å². The van der Waals surface area contributed by atoms with Gasteiger partial charge >= 0.3 is 0 Å². The second kappa shape index (κ2) is 9.06. The molecular weight excluding hydrogens is 320 g/mol. The Morgan fingerprint density at radius 3 is 2.60 bits per heavy atom. The van der Waals surface area contributed by atoms with E-state index in [-0.39, 0.29) is 12.5 Å². The molecule has 1 N–H and O–H groups in total. The average molecular weight is 348 g/mol. The van der Waals surface area contributed by atoms with E-state index in [0.717, 1.165) is 57.7 Å². The lowest BCUT2D eigenvalue weighted by atomic mass is 10.0. The van der Waals surface area contributed by atoms with Crippen LogP contribution in [0.15, 0.2) is 24.3 Å². The number of carbonyl (C=O) groups excluding carboxylic acids is 1. The summed E-state index contributed by atoms with van der Waals surface area (Å²) in [5.41, 5.74) is 0. The van der Waals surface area contributed by atoms with Gasteiger partial charge in [0.2, 0.25) is 0 Å². The molecule has 2 heterocycles. The second-order valence-electron chi connectivity index (χ2n) is 6.70. The maximum Gasteiger partial charge on any atom is 0.260 e. The van der Waals surface area contributed by atoms with Crippen LogP contribution in [0.3, 0.4) is 0 Å². The highest BCUT2D eigenvalue weighted by Gasteiger charge is 2.26. The fourth-order valence-corrected chi connectivity index (χ4v) is 3.45. The number of carbonyl (C=O) groups is 1. The molecule has 2 aliphatic heterocycles. The molecule has 3 rings (SSSR count). The molecule has 1 aromatic rings. The molecule has 0 aliphatic carbocycles. The standard InChI is InChI=1S/C19H28N2O4/c1-23-17-4-6-18(7-5-17)25-14-19(22)21-10-2-3-16(13-21)20-15-8-11-24-12-9-15/h4-7,15-16,20H,2-3,8-14H2,1H3. The van der Waals surface area contributed by atoms with E-state index in [4.69, 9.17) is 14.2 Å². The van der Waals surface area contributed by atoms with E-state index in [0.29, 0.717) is 17.8 Å². The van der Waals surface area contributed by atoms with Crippen molar-refractivity contribution < 1.29 is 19.0 Å². The number of nitrogens with zero attached hydrogens (tertiary/aromatic N) is 1. The number of likely N-dealkylation sites (tertiary alicyclic amines) is 1. The van der Waals surface area contributed by atoms with Crippen molar-refractivity contribution in [1.82, 2.24) is 10.2 Å². The highest BCUT2D eigenvalue weighted by molar-refractivity contribution is 5.78. The molecule has 0 saturated carbocycles. The molecule has 0 aromatic heterocycles. The first kappa shape index (κ1) is 18.0. The Labute approximate surface area is 149 Å². The van der Waals surface area contributed by atoms with Gasteiger partial charge in [-0.1, -0.05) is 0 Å². The Morgan fingerprint density at radius 1 is 1.16 bits per heavy atom. The summed E-state index contributed by atoms with van der Waals surface area (Å²) in [6.45, 7) is 3.33. The summed E-state index contributed by atoms with van der Waals surface area (Å²) in [7, 11) is 1.63. The van der Waals surface area contributed by atoms with E-state index < -0.39 is 0 Å². The molecule has 6 nitrogen and oxygen atoms in total. The Hall–Kier alpha value is -1.79. The lowest BCUT2D eigenvalue weighted by Crippen LogP contribution is -2.52. The number of benzene rings is 1. The van der Waals surface area contributed by atoms with Gasteiger partial charge in [-0.2, -0.15) is 0 Å². The van der Waals surface area contributed by atoms with E-state index in [2.05, 4.69) is 5.32 Å². The Balaban J connectivity index is 1.44. The fraction of sp³-hybridized carbons (Fsp3) is 0.632. The summed E-state index contributed by atoms with van der Waals surface area (Å²) >= 11 is 0. The van der Waals surface area contributed by atoms with Crippen LogP contribution in [0, 0.1) is 0 Å². The van der Waals surface area contributed by atoms with Crippen molar-refractivity contribution in [3.8, 4) is 11.5 Å². The van der Waals surface area contributed by atoms with Gasteiger partial charge in [-0.05, 0) is 49.9 Å². The van der Waals surface area contributed by atoms with Gasteiger partial charge in [0.1, 0.15) is 11.5 Å². The molecular formula is C19H28N2O4. The largest absolute Gasteiger partial charge is 0.497 e. The number of amides is 1. The van der Waals surface area contributed by atoms with Crippen LogP contribution in [0.25, 0.3) is 0 Å². The SMILES string of the molecule is COc1ccc(OCC(=O)N2CCCC(NC3CCOCC3)C2)cc1. The summed E-state index contributed by atoms with van der Waals surface area (Å²) in [5.74, 6) is 1.51. The van der Waals surface area contributed by atoms with Crippen LogP contribution in [0.4, 0.5) is 0 Å². The van der Waals surface area contributed by atoms with E-state index in [1.54, 1.807) is 7.11 Å². The molecule has 2 saturated heterocycles. The Morgan fingerprint density at radius 2 is 1.88 bits per heavy atom. The lowest BCUT2D eigenvalue weighted by molar-refractivity contribution is -0.134. The van der Waals surface area contributed by atoms with Crippen LogP contribution < -0.4 is 14.8 Å². The number of hydrogen-bond acceptors (Lipinski definition) is 5. The number of hydrogen-bond donors (Lipinski definition) is 1. The molecule has 1 atom stereocenters. The summed E-state index contributed by atoms with van der Waals surface area (Å²) in [6, 6.07) is 8.18. The van der Waals surface area contributed by atoms with Crippen molar-refractivity contribution in [3.05, 3.63) is 24.3 Å². The third-order valence-electron chi connectivity index (χ3n) is 4.89. The van der Waals surface area contributed by atoms with Crippen molar-refractivity contribution in [2.24, 2.45) is 0 Å². The Bertz CT molecular complexity index is 543. The first-order chi connectivity index (χ1) is 12.2. The molecule has 0 bridgehead atoms. The summed E-state index contributed by atoms with van der Waals surface area (Å²) in [6.07, 6.45) is 4.28. The molecule has 2 fully saturated rings. The average Bonchev–Trinajstić information content (AvgIpc) is 2.67. The molecule has 0 radical (unpaired) electrons. The monoisotopic (exact) mass is 348 g/mol. The zero-order chi connectivity index (χ0) is 17.5. The smallest absolute Gasteiger partial charge is 0.260 e. The number of nitrogens with one attached hydrogen (secondary N) is 1. The third kappa shape index (κ3) is 5.34. The van der Waals surface area contributed by atoms with Crippen LogP contribution in [0.5, 0.6) is 11.5 Å². The van der Waals surface area contributed by atoms with Crippen molar-refractivity contribution in [2.75, 3.05) is 40.0 Å². The van der Waals surface area contributed by atoms with Crippen molar-refractivity contribution in [2.45, 2.75) is 37.8 Å². The first-order valence-corrected chi connectivity index (χ1v) is 9.13. The van der Waals surface area contributed by atoms with Gasteiger partial charge in [0.05, 0.1) is 7.11 Å². The minimum absolute atomic E-state index is 0.0503. The predicted octanol–water partition coefficient (Wildman–Crippen LogP) is 1.83. The normalized spacial score (nSPS) is 21.8. The van der Waals surface area contributed by atoms with E-state index >= 15 is 0 Å². The molecule has 1 aromatic carbocycles. The van der Waals surface area contributed by atoms with Crippen molar-refractivity contribution in [1.29, 1.82) is 0 Å². The van der Waals surface area contributed by atoms with Gasteiger partial charge in [0, 0.05) is 38.4 Å². The van der Waals surface area contributed by atoms with Crippen LogP contribution in [0.2, 0.25) is 0 Å². The van der Waals surface area contributed by atoms with Gasteiger partial charge in [-0.15, -0.1) is 0 Å². The quantitative estimate of drug-likeness (QED) is 0.850. The van der Waals surface area contributed by atoms with Gasteiger partial charge < -0.3 is 24.4 Å². The molecule has 25 heavy (non-hydrogen) atoms. The van der Waals surface area contributed by atoms with Gasteiger partial charge in [0.15, 0.2) is 6.61 Å². The van der Waals surface area contributed by atoms with Crippen LogP contribution >= 0.6 is 0 Å². The zero-order valence-electron chi connectivity index (χ0n) is 14.9. The number of rotatable bonds is 6. The molecule has 138 valence electrons. The number of piperidine rings is 1. The minimum Gasteiger partial charge on any atom is -0.497 e. The van der Waals surface area contributed by atoms with Crippen LogP contribution in [0.1, 0.15) is 25.7 Å².